The van der Waals surface area contributed by atoms with Crippen molar-refractivity contribution >= 4 is 11.6 Å². The predicted octanol–water partition coefficient (Wildman–Crippen LogP) is 3.52. The van der Waals surface area contributed by atoms with E-state index in [1.807, 2.05) is 7.05 Å². The van der Waals surface area contributed by atoms with Crippen LogP contribution >= 0.6 is 0 Å². The minimum Gasteiger partial charge on any atom is -0.371 e. The molecule has 2 aromatic rings. The fraction of sp³-hybridized carbons (Fsp3) is 0.480. The van der Waals surface area contributed by atoms with Gasteiger partial charge in [-0.1, -0.05) is 48.5 Å². The number of guanidine groups is 1. The predicted molar refractivity (Wildman–Crippen MR) is 126 cm³/mol. The molecule has 5 heteroatoms. The number of nitrogens with one attached hydrogen (secondary N) is 2. The van der Waals surface area contributed by atoms with Gasteiger partial charge in [0.25, 0.3) is 0 Å². The molecule has 0 aromatic heterocycles. The van der Waals surface area contributed by atoms with Crippen LogP contribution in [0.4, 0.5) is 5.69 Å². The highest BCUT2D eigenvalue weighted by Gasteiger charge is 2.25. The van der Waals surface area contributed by atoms with Crippen LogP contribution < -0.4 is 15.5 Å². The molecule has 2 fully saturated rings. The van der Waals surface area contributed by atoms with Crippen molar-refractivity contribution in [2.24, 2.45) is 10.9 Å². The third-order valence-electron chi connectivity index (χ3n) is 6.42. The van der Waals surface area contributed by atoms with Crippen LogP contribution in [-0.2, 0) is 0 Å². The van der Waals surface area contributed by atoms with Crippen molar-refractivity contribution in [3.05, 3.63) is 66.2 Å². The van der Waals surface area contributed by atoms with Crippen molar-refractivity contribution < 1.29 is 0 Å². The van der Waals surface area contributed by atoms with E-state index in [1.54, 1.807) is 0 Å². The summed E-state index contributed by atoms with van der Waals surface area (Å²) in [6.45, 7) is 6.45. The molecule has 2 atom stereocenters. The lowest BCUT2D eigenvalue weighted by atomic mass is 10.1. The van der Waals surface area contributed by atoms with Crippen LogP contribution in [0.3, 0.4) is 0 Å². The van der Waals surface area contributed by atoms with Gasteiger partial charge in [-0.15, -0.1) is 0 Å². The summed E-state index contributed by atoms with van der Waals surface area (Å²) >= 11 is 0. The molecule has 0 spiro atoms. The highest BCUT2D eigenvalue weighted by molar-refractivity contribution is 5.79. The summed E-state index contributed by atoms with van der Waals surface area (Å²) in [5.74, 6) is 1.56. The summed E-state index contributed by atoms with van der Waals surface area (Å²) in [6.07, 6.45) is 3.82. The minimum atomic E-state index is 0.396. The molecule has 0 radical (unpaired) electrons. The summed E-state index contributed by atoms with van der Waals surface area (Å²) < 4.78 is 0. The lowest BCUT2D eigenvalue weighted by Crippen LogP contribution is -2.44. The summed E-state index contributed by atoms with van der Waals surface area (Å²) in [5.41, 5.74) is 2.72. The second-order valence-electron chi connectivity index (χ2n) is 8.44. The normalized spacial score (nSPS) is 21.0. The van der Waals surface area contributed by atoms with E-state index in [-0.39, 0.29) is 0 Å². The van der Waals surface area contributed by atoms with Crippen molar-refractivity contribution in [1.82, 2.24) is 15.5 Å². The number of likely N-dealkylation sites (tertiary alicyclic amines) is 1. The molecule has 0 saturated carbocycles. The van der Waals surface area contributed by atoms with E-state index in [4.69, 9.17) is 0 Å². The summed E-state index contributed by atoms with van der Waals surface area (Å²) in [4.78, 5) is 9.57. The monoisotopic (exact) mass is 405 g/mol. The van der Waals surface area contributed by atoms with Crippen LogP contribution in [0.2, 0.25) is 0 Å². The molecular formula is C25H35N5. The van der Waals surface area contributed by atoms with Gasteiger partial charge in [-0.25, -0.2) is 0 Å². The van der Waals surface area contributed by atoms with Gasteiger partial charge in [-0.3, -0.25) is 9.89 Å². The molecule has 2 aromatic carbocycles. The molecule has 30 heavy (non-hydrogen) atoms. The maximum Gasteiger partial charge on any atom is 0.191 e. The first kappa shape index (κ1) is 20.7. The van der Waals surface area contributed by atoms with Crippen molar-refractivity contribution in [3.8, 4) is 0 Å². The van der Waals surface area contributed by atoms with Crippen LogP contribution in [0.5, 0.6) is 0 Å². The Hall–Kier alpha value is -2.53. The zero-order chi connectivity index (χ0) is 20.6. The van der Waals surface area contributed by atoms with Gasteiger partial charge in [0.2, 0.25) is 0 Å². The van der Waals surface area contributed by atoms with Gasteiger partial charge in [-0.2, -0.15) is 0 Å². The van der Waals surface area contributed by atoms with Gasteiger partial charge in [-0.05, 0) is 56.0 Å². The minimum absolute atomic E-state index is 0.396. The Morgan fingerprint density at radius 2 is 1.67 bits per heavy atom. The highest BCUT2D eigenvalue weighted by atomic mass is 15.2. The van der Waals surface area contributed by atoms with Crippen LogP contribution in [0.1, 0.15) is 30.9 Å². The van der Waals surface area contributed by atoms with E-state index in [0.717, 1.165) is 32.1 Å². The van der Waals surface area contributed by atoms with Gasteiger partial charge in [0.15, 0.2) is 5.96 Å². The molecule has 2 aliphatic rings. The molecule has 2 N–H and O–H groups in total. The molecule has 2 heterocycles. The van der Waals surface area contributed by atoms with Crippen molar-refractivity contribution in [2.45, 2.75) is 25.3 Å². The molecular weight excluding hydrogens is 370 g/mol. The van der Waals surface area contributed by atoms with E-state index in [0.29, 0.717) is 12.0 Å². The average Bonchev–Trinajstić information content (AvgIpc) is 3.50. The Balaban J connectivity index is 1.28. The summed E-state index contributed by atoms with van der Waals surface area (Å²) in [5, 5.41) is 7.17. The molecule has 160 valence electrons. The first-order valence-corrected chi connectivity index (χ1v) is 11.4. The quantitative estimate of drug-likeness (QED) is 0.546. The molecule has 2 aliphatic heterocycles. The topological polar surface area (TPSA) is 42.9 Å². The number of anilines is 1. The van der Waals surface area contributed by atoms with E-state index >= 15 is 0 Å². The third-order valence-corrected chi connectivity index (χ3v) is 6.42. The van der Waals surface area contributed by atoms with Crippen molar-refractivity contribution in [3.63, 3.8) is 0 Å². The van der Waals surface area contributed by atoms with Crippen molar-refractivity contribution in [1.29, 1.82) is 0 Å². The Kier molecular flexibility index (Phi) is 7.25. The molecule has 0 amide bonds. The fourth-order valence-corrected chi connectivity index (χ4v) is 4.71. The molecule has 0 bridgehead atoms. The number of para-hydroxylation sites is 1. The van der Waals surface area contributed by atoms with E-state index in [2.05, 4.69) is 86.1 Å². The zero-order valence-corrected chi connectivity index (χ0v) is 18.1. The van der Waals surface area contributed by atoms with Gasteiger partial charge in [0, 0.05) is 38.9 Å². The highest BCUT2D eigenvalue weighted by Crippen LogP contribution is 2.25. The molecule has 0 aliphatic carbocycles. The Bertz CT molecular complexity index is 786. The van der Waals surface area contributed by atoms with Crippen molar-refractivity contribution in [2.75, 3.05) is 51.2 Å². The number of nitrogens with zero attached hydrogens (tertiary/aromatic N) is 3. The smallest absolute Gasteiger partial charge is 0.191 e. The maximum absolute atomic E-state index is 4.48. The standard InChI is InChI=1S/C25H35N5/c1-26-25(27-18-21-14-17-30(20-21)23-12-6-3-7-13-23)28-19-24(29-15-8-9-16-29)22-10-4-2-5-11-22/h2-7,10-13,21,24H,8-9,14-20H2,1H3,(H2,26,27,28). The SMILES string of the molecule is CN=C(NCC1CCN(c2ccccc2)C1)NCC(c1ccccc1)N1CCCC1. The Labute approximate surface area is 181 Å². The maximum atomic E-state index is 4.48. The Morgan fingerprint density at radius 3 is 2.37 bits per heavy atom. The van der Waals surface area contributed by atoms with Gasteiger partial charge in [0.1, 0.15) is 0 Å². The number of benzene rings is 2. The Morgan fingerprint density at radius 1 is 0.967 bits per heavy atom. The number of aliphatic imine (C=N–C) groups is 1. The molecule has 2 saturated heterocycles. The molecule has 4 rings (SSSR count). The van der Waals surface area contributed by atoms with Crippen LogP contribution in [0, 0.1) is 5.92 Å². The fourth-order valence-electron chi connectivity index (χ4n) is 4.71. The van der Waals surface area contributed by atoms with Crippen LogP contribution in [-0.4, -0.2) is 57.2 Å². The second kappa shape index (κ2) is 10.5. The second-order valence-corrected chi connectivity index (χ2v) is 8.44. The van der Waals surface area contributed by atoms with Crippen LogP contribution in [0.25, 0.3) is 0 Å². The number of hydrogen-bond donors (Lipinski definition) is 2. The van der Waals surface area contributed by atoms with Gasteiger partial charge >= 0.3 is 0 Å². The molecule has 2 unspecified atom stereocenters. The lowest BCUT2D eigenvalue weighted by Gasteiger charge is -2.29. The first-order valence-electron chi connectivity index (χ1n) is 11.4. The van der Waals surface area contributed by atoms with E-state index in [9.17, 15) is 0 Å². The summed E-state index contributed by atoms with van der Waals surface area (Å²) in [7, 11) is 1.87. The van der Waals surface area contributed by atoms with Crippen LogP contribution in [0.15, 0.2) is 65.7 Å². The number of rotatable bonds is 7. The first-order chi connectivity index (χ1) is 14.8. The average molecular weight is 406 g/mol. The number of hydrogen-bond acceptors (Lipinski definition) is 3. The summed E-state index contributed by atoms with van der Waals surface area (Å²) in [6, 6.07) is 22.0. The lowest BCUT2D eigenvalue weighted by molar-refractivity contribution is 0.245. The third kappa shape index (κ3) is 5.33. The largest absolute Gasteiger partial charge is 0.371 e. The van der Waals surface area contributed by atoms with Gasteiger partial charge in [0.05, 0.1) is 6.04 Å². The van der Waals surface area contributed by atoms with E-state index < -0.39 is 0 Å². The van der Waals surface area contributed by atoms with E-state index in [1.165, 1.54) is 43.6 Å². The van der Waals surface area contributed by atoms with Gasteiger partial charge < -0.3 is 15.5 Å². The zero-order valence-electron chi connectivity index (χ0n) is 18.1. The molecule has 5 nitrogen and oxygen atoms in total.